The molecular formula is C21H29NO2. The fourth-order valence-electron chi connectivity index (χ4n) is 2.77. The molecule has 0 fully saturated rings. The van der Waals surface area contributed by atoms with Crippen LogP contribution in [0.5, 0.6) is 11.5 Å². The van der Waals surface area contributed by atoms with E-state index in [0.717, 1.165) is 37.4 Å². The molecule has 1 atom stereocenters. The Morgan fingerprint density at radius 3 is 2.38 bits per heavy atom. The minimum absolute atomic E-state index is 0.250. The summed E-state index contributed by atoms with van der Waals surface area (Å²) < 4.78 is 11.5. The zero-order valence-corrected chi connectivity index (χ0v) is 14.8. The van der Waals surface area contributed by atoms with Gasteiger partial charge in [0.15, 0.2) is 0 Å². The lowest BCUT2D eigenvalue weighted by atomic mass is 9.91. The lowest BCUT2D eigenvalue weighted by Crippen LogP contribution is -2.16. The lowest BCUT2D eigenvalue weighted by molar-refractivity contribution is 0.309. The van der Waals surface area contributed by atoms with Crippen LogP contribution in [-0.2, 0) is 6.42 Å². The molecule has 3 heteroatoms. The molecular weight excluding hydrogens is 298 g/mol. The second-order valence-electron chi connectivity index (χ2n) is 5.95. The highest BCUT2D eigenvalue weighted by molar-refractivity contribution is 5.38. The predicted octanol–water partition coefficient (Wildman–Crippen LogP) is 4.55. The van der Waals surface area contributed by atoms with E-state index in [1.807, 2.05) is 37.3 Å². The van der Waals surface area contributed by atoms with Gasteiger partial charge in [0.2, 0.25) is 0 Å². The number of hydrogen-bond acceptors (Lipinski definition) is 3. The Morgan fingerprint density at radius 1 is 0.958 bits per heavy atom. The summed E-state index contributed by atoms with van der Waals surface area (Å²) in [4.78, 5) is 0. The van der Waals surface area contributed by atoms with Crippen LogP contribution in [0.3, 0.4) is 0 Å². The van der Waals surface area contributed by atoms with Crippen LogP contribution in [-0.4, -0.2) is 19.8 Å². The molecule has 1 unspecified atom stereocenters. The molecule has 0 aliphatic heterocycles. The number of hydrogen-bond donors (Lipinski definition) is 1. The Kier molecular flexibility index (Phi) is 7.63. The summed E-state index contributed by atoms with van der Waals surface area (Å²) in [5.74, 6) is 2.13. The van der Waals surface area contributed by atoms with E-state index >= 15 is 0 Å². The minimum atomic E-state index is 0.250. The van der Waals surface area contributed by atoms with Gasteiger partial charge < -0.3 is 15.2 Å². The zero-order valence-electron chi connectivity index (χ0n) is 14.8. The first-order chi connectivity index (χ1) is 11.8. The molecule has 0 spiro atoms. The van der Waals surface area contributed by atoms with Crippen LogP contribution in [0, 0.1) is 0 Å². The maximum Gasteiger partial charge on any atom is 0.122 e. The molecule has 0 saturated heterocycles. The van der Waals surface area contributed by atoms with Crippen LogP contribution in [0.1, 0.15) is 43.7 Å². The lowest BCUT2D eigenvalue weighted by Gasteiger charge is -2.19. The third kappa shape index (κ3) is 5.27. The van der Waals surface area contributed by atoms with Crippen LogP contribution in [0.25, 0.3) is 0 Å². The van der Waals surface area contributed by atoms with Crippen molar-refractivity contribution in [2.45, 2.75) is 39.0 Å². The molecule has 0 aliphatic carbocycles. The summed E-state index contributed by atoms with van der Waals surface area (Å²) >= 11 is 0. The van der Waals surface area contributed by atoms with Gasteiger partial charge in [0.1, 0.15) is 11.5 Å². The highest BCUT2D eigenvalue weighted by Gasteiger charge is 2.15. The van der Waals surface area contributed by atoms with Crippen molar-refractivity contribution in [2.24, 2.45) is 5.73 Å². The van der Waals surface area contributed by atoms with Crippen molar-refractivity contribution in [1.29, 1.82) is 0 Å². The molecule has 3 nitrogen and oxygen atoms in total. The highest BCUT2D eigenvalue weighted by atomic mass is 16.5. The maximum atomic E-state index is 6.05. The summed E-state index contributed by atoms with van der Waals surface area (Å²) in [6, 6.07) is 16.5. The fraction of sp³-hybridized carbons (Fsp3) is 0.429. The maximum absolute atomic E-state index is 6.05. The van der Waals surface area contributed by atoms with Crippen molar-refractivity contribution in [3.05, 3.63) is 59.7 Å². The van der Waals surface area contributed by atoms with E-state index in [9.17, 15) is 0 Å². The van der Waals surface area contributed by atoms with Crippen LogP contribution >= 0.6 is 0 Å². The normalized spacial score (nSPS) is 12.0. The van der Waals surface area contributed by atoms with Gasteiger partial charge in [-0.1, -0.05) is 43.7 Å². The second kappa shape index (κ2) is 9.99. The monoisotopic (exact) mass is 327 g/mol. The van der Waals surface area contributed by atoms with Crippen molar-refractivity contribution in [3.63, 3.8) is 0 Å². The molecule has 0 radical (unpaired) electrons. The second-order valence-corrected chi connectivity index (χ2v) is 5.95. The molecule has 24 heavy (non-hydrogen) atoms. The Morgan fingerprint density at radius 2 is 1.71 bits per heavy atom. The largest absolute Gasteiger partial charge is 0.494 e. The number of unbranched alkanes of at least 4 members (excludes halogenated alkanes) is 1. The molecule has 0 saturated carbocycles. The van der Waals surface area contributed by atoms with Crippen molar-refractivity contribution in [1.82, 2.24) is 0 Å². The summed E-state index contributed by atoms with van der Waals surface area (Å²) in [6.45, 7) is 6.21. The highest BCUT2D eigenvalue weighted by Crippen LogP contribution is 2.29. The average molecular weight is 327 g/mol. The topological polar surface area (TPSA) is 44.5 Å². The van der Waals surface area contributed by atoms with Gasteiger partial charge >= 0.3 is 0 Å². The predicted molar refractivity (Wildman–Crippen MR) is 100.0 cm³/mol. The standard InChI is InChI=1S/C21H29NO2/c1-3-5-14-24-19-12-10-17(11-13-19)15-18(16-22)20-8-6-7-9-21(20)23-4-2/h6-13,18H,3-5,14-16,22H2,1-2H3. The average Bonchev–Trinajstić information content (AvgIpc) is 2.62. The van der Waals surface area contributed by atoms with E-state index < -0.39 is 0 Å². The van der Waals surface area contributed by atoms with Crippen molar-refractivity contribution >= 4 is 0 Å². The summed E-state index contributed by atoms with van der Waals surface area (Å²) in [5.41, 5.74) is 8.50. The van der Waals surface area contributed by atoms with E-state index in [0.29, 0.717) is 13.2 Å². The van der Waals surface area contributed by atoms with E-state index in [2.05, 4.69) is 25.1 Å². The number of benzene rings is 2. The first-order valence-corrected chi connectivity index (χ1v) is 8.92. The summed E-state index contributed by atoms with van der Waals surface area (Å²) in [5, 5.41) is 0. The van der Waals surface area contributed by atoms with E-state index in [1.165, 1.54) is 11.1 Å². The molecule has 0 heterocycles. The van der Waals surface area contributed by atoms with E-state index in [-0.39, 0.29) is 5.92 Å². The molecule has 0 amide bonds. The van der Waals surface area contributed by atoms with Gasteiger partial charge in [0, 0.05) is 5.92 Å². The molecule has 0 bridgehead atoms. The van der Waals surface area contributed by atoms with Crippen molar-refractivity contribution in [3.8, 4) is 11.5 Å². The Balaban J connectivity index is 2.05. The molecule has 2 aromatic rings. The Labute approximate surface area is 145 Å². The first kappa shape index (κ1) is 18.3. The van der Waals surface area contributed by atoms with Crippen molar-refractivity contribution < 1.29 is 9.47 Å². The van der Waals surface area contributed by atoms with Crippen LogP contribution in [0.4, 0.5) is 0 Å². The van der Waals surface area contributed by atoms with Crippen LogP contribution in [0.15, 0.2) is 48.5 Å². The van der Waals surface area contributed by atoms with Gasteiger partial charge in [0.05, 0.1) is 13.2 Å². The van der Waals surface area contributed by atoms with Gasteiger partial charge in [-0.05, 0) is 55.6 Å². The minimum Gasteiger partial charge on any atom is -0.494 e. The zero-order chi connectivity index (χ0) is 17.2. The third-order valence-corrected chi connectivity index (χ3v) is 4.12. The Bertz CT molecular complexity index is 595. The number of nitrogens with two attached hydrogens (primary N) is 1. The Hall–Kier alpha value is -2.00. The van der Waals surface area contributed by atoms with Gasteiger partial charge in [-0.3, -0.25) is 0 Å². The van der Waals surface area contributed by atoms with E-state index in [4.69, 9.17) is 15.2 Å². The van der Waals surface area contributed by atoms with Crippen LogP contribution in [0.2, 0.25) is 0 Å². The number of para-hydroxylation sites is 1. The third-order valence-electron chi connectivity index (χ3n) is 4.12. The fourth-order valence-corrected chi connectivity index (χ4v) is 2.77. The summed E-state index contributed by atoms with van der Waals surface area (Å²) in [7, 11) is 0. The van der Waals surface area contributed by atoms with Gasteiger partial charge in [-0.25, -0.2) is 0 Å². The number of ether oxygens (including phenoxy) is 2. The SMILES string of the molecule is CCCCOc1ccc(CC(CN)c2ccccc2OCC)cc1. The van der Waals surface area contributed by atoms with Crippen LogP contribution < -0.4 is 15.2 Å². The van der Waals surface area contributed by atoms with Crippen molar-refractivity contribution in [2.75, 3.05) is 19.8 Å². The molecule has 2 aromatic carbocycles. The van der Waals surface area contributed by atoms with Gasteiger partial charge in [0.25, 0.3) is 0 Å². The number of rotatable bonds is 10. The first-order valence-electron chi connectivity index (χ1n) is 8.92. The van der Waals surface area contributed by atoms with Gasteiger partial charge in [-0.15, -0.1) is 0 Å². The molecule has 130 valence electrons. The molecule has 0 aliphatic rings. The van der Waals surface area contributed by atoms with Gasteiger partial charge in [-0.2, -0.15) is 0 Å². The summed E-state index contributed by atoms with van der Waals surface area (Å²) in [6.07, 6.45) is 3.14. The quantitative estimate of drug-likeness (QED) is 0.651. The molecule has 2 N–H and O–H groups in total. The molecule has 2 rings (SSSR count). The molecule has 0 aromatic heterocycles. The smallest absolute Gasteiger partial charge is 0.122 e. The van der Waals surface area contributed by atoms with E-state index in [1.54, 1.807) is 0 Å².